The molecule has 11 rings (SSSR count). The molecule has 644 valence electrons. The largest absolute Gasteiger partial charge is 0.394 e. The predicted molar refractivity (Wildman–Crippen MR) is 432 cm³/mol. The third kappa shape index (κ3) is 24.3. The summed E-state index contributed by atoms with van der Waals surface area (Å²) in [7, 11) is 0. The number of aliphatic hydroxyl groups excluding tert-OH is 1. The van der Waals surface area contributed by atoms with Gasteiger partial charge in [0.15, 0.2) is 11.2 Å². The standard InChI is InChI=1S/C64H95BrN16O27P4S4/c1-4-6-8-10-36(11-9-7-5-2)37-22-50(77-15-12-48(67)71-61(77)86)101-44(37)30-99-112(116,95-21-20-94-19-18-93-17-14-66)108-42-26-52(79-27-35(3)57(83)75-63(79)88)103-47(42)33-98-111(92,115)107-41-25-54(81-34-70-55-56(81)73-60(69)74-59(55)85)104-46(41)32-97-110(91,114)106-40-24-51(78-16-13-49(68)72-62(78)87)102-45(40)31-96-109(90,113)105-39-23-53(100-43(39)29-82)80-28-38(65)58(84)76-64(80)89/h12-13,15-16,27-28,34,36-37,39-47,50-54,82H,4-11,14,17-26,29-33,66H2,1-3H3,(H,90,113)(H,91,114)(H,92,115)(H2,67,71,86)(H2,68,72,87)(H,75,83,88)(H,76,84,89)(H3,69,73,74,85)/t37-,39+,40+,41+,42+,43?,44?,45?,46?,47?,50+,51+,52+,53+,54+,109?,110?,111?,112?/m0/s1. The molecule has 52 heteroatoms. The number of rotatable bonds is 44. The van der Waals surface area contributed by atoms with Crippen molar-refractivity contribution in [2.45, 2.75) is 190 Å². The second-order valence-corrected chi connectivity index (χ2v) is 40.3. The fourth-order valence-corrected chi connectivity index (χ4v) is 21.1. The average Bonchev–Trinajstić information content (AvgIpc) is 1.62. The van der Waals surface area contributed by atoms with Crippen molar-refractivity contribution in [3.63, 3.8) is 0 Å². The van der Waals surface area contributed by atoms with Crippen LogP contribution < -0.4 is 62.4 Å². The minimum Gasteiger partial charge on any atom is -0.394 e. The number of ether oxygens (including phenoxy) is 7. The fourth-order valence-electron chi connectivity index (χ4n) is 14.1. The van der Waals surface area contributed by atoms with Crippen molar-refractivity contribution in [3.8, 4) is 0 Å². The Balaban J connectivity index is 0.833. The van der Waals surface area contributed by atoms with E-state index in [1.54, 1.807) is 0 Å². The lowest BCUT2D eigenvalue weighted by atomic mass is 9.79. The van der Waals surface area contributed by atoms with Crippen molar-refractivity contribution >= 4 is 120 Å². The Bertz CT molecular complexity index is 5000. The molecule has 9 unspecified atom stereocenters. The number of unbranched alkanes of at least 4 members (excludes halogenated alkanes) is 4. The fraction of sp³-hybridized carbons (Fsp3) is 0.672. The summed E-state index contributed by atoms with van der Waals surface area (Å²) >= 11 is 22.3. The van der Waals surface area contributed by atoms with E-state index >= 15 is 4.57 Å². The Hall–Kier alpha value is -4.98. The molecule has 116 heavy (non-hydrogen) atoms. The van der Waals surface area contributed by atoms with Gasteiger partial charge in [0.2, 0.25) is 5.95 Å². The van der Waals surface area contributed by atoms with Gasteiger partial charge in [-0.1, -0.05) is 102 Å². The molecule has 0 saturated carbocycles. The number of aromatic amines is 3. The van der Waals surface area contributed by atoms with Gasteiger partial charge in [-0.05, 0) is 65.0 Å². The van der Waals surface area contributed by atoms with E-state index in [1.807, 2.05) is 0 Å². The molecule has 5 saturated heterocycles. The molecular weight excluding hydrogens is 1760 g/mol. The maximum absolute atomic E-state index is 15.1. The molecule has 11 heterocycles. The number of nitrogens with zero attached hydrogens (tertiary/aromatic N) is 9. The number of hydrogen-bond acceptors (Lipinski definition) is 36. The molecule has 0 aliphatic carbocycles. The van der Waals surface area contributed by atoms with Crippen LogP contribution in [0.3, 0.4) is 0 Å². The molecule has 0 bridgehead atoms. The summed E-state index contributed by atoms with van der Waals surface area (Å²) in [4.78, 5) is 114. The van der Waals surface area contributed by atoms with Crippen LogP contribution in [0.4, 0.5) is 17.6 Å². The van der Waals surface area contributed by atoms with Gasteiger partial charge in [-0.15, -0.1) is 0 Å². The van der Waals surface area contributed by atoms with Gasteiger partial charge in [0.1, 0.15) is 85.5 Å². The highest BCUT2D eigenvalue weighted by Gasteiger charge is 2.50. The Morgan fingerprint density at radius 3 is 1.53 bits per heavy atom. The highest BCUT2D eigenvalue weighted by molar-refractivity contribution is 9.10. The van der Waals surface area contributed by atoms with E-state index in [2.05, 4.69) is 101 Å². The molecule has 19 atom stereocenters. The van der Waals surface area contributed by atoms with Crippen LogP contribution >= 0.6 is 79.8 Å². The van der Waals surface area contributed by atoms with E-state index in [1.165, 1.54) is 59.3 Å². The second-order valence-electron chi connectivity index (χ2n) is 27.9. The van der Waals surface area contributed by atoms with Crippen molar-refractivity contribution in [3.05, 3.63) is 126 Å². The van der Waals surface area contributed by atoms with Crippen LogP contribution in [0.1, 0.15) is 134 Å². The van der Waals surface area contributed by atoms with Crippen LogP contribution in [0, 0.1) is 18.8 Å². The van der Waals surface area contributed by atoms with Gasteiger partial charge < -0.3 is 74.8 Å². The van der Waals surface area contributed by atoms with Crippen LogP contribution in [0.25, 0.3) is 11.2 Å². The first kappa shape index (κ1) is 91.8. The zero-order chi connectivity index (χ0) is 83.4. The number of hydrogen-bond donors (Lipinski definition) is 11. The average molecular weight is 1850 g/mol. The van der Waals surface area contributed by atoms with E-state index in [0.717, 1.165) is 65.1 Å². The van der Waals surface area contributed by atoms with Crippen molar-refractivity contribution < 1.29 is 92.7 Å². The molecule has 0 aromatic carbocycles. The van der Waals surface area contributed by atoms with Crippen molar-refractivity contribution in [1.29, 1.82) is 0 Å². The topological polar surface area (TPSA) is 566 Å². The molecular formula is C64H95BrN16O27P4S4. The van der Waals surface area contributed by atoms with Crippen molar-refractivity contribution in [2.24, 2.45) is 17.6 Å². The van der Waals surface area contributed by atoms with E-state index in [0.29, 0.717) is 19.6 Å². The predicted octanol–water partition coefficient (Wildman–Crippen LogP) is 5.33. The highest BCUT2D eigenvalue weighted by Crippen LogP contribution is 2.61. The number of nitrogen functional groups attached to an aromatic ring is 3. The number of imidazole rings is 1. The summed E-state index contributed by atoms with van der Waals surface area (Å²) in [6.07, 6.45) is -3.50. The lowest BCUT2D eigenvalue weighted by molar-refractivity contribution is -0.0547. The molecule has 5 aliphatic heterocycles. The number of nitrogens with one attached hydrogen (secondary N) is 3. The third-order valence-electron chi connectivity index (χ3n) is 19.7. The van der Waals surface area contributed by atoms with Gasteiger partial charge in [-0.2, -0.15) is 15.0 Å². The zero-order valence-corrected chi connectivity index (χ0v) is 71.7. The lowest BCUT2D eigenvalue weighted by Gasteiger charge is -2.31. The quantitative estimate of drug-likeness (QED) is 0.0131. The monoisotopic (exact) mass is 1850 g/mol. The Morgan fingerprint density at radius 1 is 0.560 bits per heavy atom. The molecule has 0 radical (unpaired) electrons. The number of nitrogens with two attached hydrogens (primary N) is 4. The van der Waals surface area contributed by atoms with Crippen LogP contribution in [-0.2, 0) is 99.4 Å². The first-order valence-corrected chi connectivity index (χ1v) is 48.7. The van der Waals surface area contributed by atoms with Crippen LogP contribution in [0.2, 0.25) is 0 Å². The SMILES string of the molecule is CCCCCC(CCCCC)[C@@H]1C[C@H](n2ccc(N)nc2=O)OC1COP(=S)(OCCOCCOCCN)O[C@@H]1C[C@H](n2cc(C)c(=O)[nH]c2=O)OC1COP(=O)(S)O[C@@H]1C[C@H](n2cnc3c(=O)[nH]c(N)nc32)OC1COP(=O)(S)O[C@@H]1C[C@H](n2ccc(N)nc2=O)OC1COP(=O)(S)O[C@@H]1C[C@H](n2cc(Br)c(=O)[nH]c2=O)OC1CO. The van der Waals surface area contributed by atoms with Crippen molar-refractivity contribution in [2.75, 3.05) is 89.8 Å². The molecule has 12 N–H and O–H groups in total. The number of thiol groups is 3. The maximum atomic E-state index is 15.1. The molecule has 0 spiro atoms. The number of aliphatic hydroxyl groups is 1. The minimum absolute atomic E-state index is 0.0162. The number of aryl methyl sites for hydroxylation is 1. The van der Waals surface area contributed by atoms with Gasteiger partial charge in [-0.3, -0.25) is 79.3 Å². The van der Waals surface area contributed by atoms with E-state index in [-0.39, 0.29) is 109 Å². The third-order valence-corrected chi connectivity index (χ3v) is 27.6. The minimum atomic E-state index is -4.78. The second kappa shape index (κ2) is 41.3. The Morgan fingerprint density at radius 2 is 1.01 bits per heavy atom. The molecule has 6 aromatic heterocycles. The highest BCUT2D eigenvalue weighted by atomic mass is 79.9. The number of anilines is 3. The molecule has 6 aromatic rings. The molecule has 5 fully saturated rings. The van der Waals surface area contributed by atoms with Gasteiger partial charge in [0.25, 0.3) is 16.7 Å². The normalized spacial score (nSPS) is 27.1. The summed E-state index contributed by atoms with van der Waals surface area (Å²) in [5, 5.41) is 10.2. The Kier molecular flexibility index (Phi) is 32.6. The van der Waals surface area contributed by atoms with Crippen LogP contribution in [0.5, 0.6) is 0 Å². The van der Waals surface area contributed by atoms with Gasteiger partial charge in [-0.25, -0.2) is 37.9 Å². The van der Waals surface area contributed by atoms with Crippen LogP contribution in [-0.4, -0.2) is 190 Å². The van der Waals surface area contributed by atoms with Crippen LogP contribution in [0.15, 0.2) is 81.3 Å². The summed E-state index contributed by atoms with van der Waals surface area (Å²) in [6, 6.07) is 2.82. The number of H-pyrrole nitrogens is 3. The maximum Gasteiger partial charge on any atom is 0.386 e. The van der Waals surface area contributed by atoms with Gasteiger partial charge in [0, 0.05) is 62.6 Å². The van der Waals surface area contributed by atoms with Gasteiger partial charge in [0.05, 0.1) is 89.1 Å². The zero-order valence-electron chi connectivity index (χ0n) is 63.1. The summed E-state index contributed by atoms with van der Waals surface area (Å²) in [6.45, 7) is -14.7. The molecule has 43 nitrogen and oxygen atoms in total. The van der Waals surface area contributed by atoms with E-state index in [4.69, 9.17) is 109 Å². The lowest BCUT2D eigenvalue weighted by Crippen LogP contribution is -2.33. The number of halogens is 1. The van der Waals surface area contributed by atoms with Gasteiger partial charge >= 0.3 is 49.9 Å². The van der Waals surface area contributed by atoms with E-state index < -0.39 is 179 Å². The molecule has 5 aliphatic rings. The Labute approximate surface area is 690 Å². The van der Waals surface area contributed by atoms with Crippen molar-refractivity contribution in [1.82, 2.24) is 57.7 Å². The molecule has 0 amide bonds. The summed E-state index contributed by atoms with van der Waals surface area (Å²) in [5.74, 6) is -0.424. The summed E-state index contributed by atoms with van der Waals surface area (Å²) < 4.78 is 149. The smallest absolute Gasteiger partial charge is 0.386 e. The number of fused-ring (bicyclic) bond motifs is 1. The summed E-state index contributed by atoms with van der Waals surface area (Å²) in [5.41, 5.74) is 18.0. The van der Waals surface area contributed by atoms with E-state index in [9.17, 15) is 47.8 Å². The number of aromatic nitrogens is 12. The first-order valence-electron chi connectivity index (χ1n) is 37.3. The first-order chi connectivity index (χ1) is 55.2.